The zero-order valence-electron chi connectivity index (χ0n) is 8.27. The summed E-state index contributed by atoms with van der Waals surface area (Å²) in [6.07, 6.45) is 0.197. The van der Waals surface area contributed by atoms with Gasteiger partial charge in [0.05, 0.1) is 25.8 Å². The van der Waals surface area contributed by atoms with Crippen LogP contribution in [0.4, 0.5) is 0 Å². The molecule has 0 aromatic heterocycles. The van der Waals surface area contributed by atoms with Gasteiger partial charge in [-0.15, -0.1) is 11.8 Å². The summed E-state index contributed by atoms with van der Waals surface area (Å²) in [5.74, 6) is 0.782. The van der Waals surface area contributed by atoms with Crippen LogP contribution in [0.3, 0.4) is 0 Å². The van der Waals surface area contributed by atoms with E-state index in [0.29, 0.717) is 13.1 Å². The number of hydrogen-bond acceptors (Lipinski definition) is 5. The highest BCUT2D eigenvalue weighted by atomic mass is 32.2. The van der Waals surface area contributed by atoms with Crippen molar-refractivity contribution in [3.05, 3.63) is 0 Å². The van der Waals surface area contributed by atoms with Crippen LogP contribution in [0.15, 0.2) is 0 Å². The lowest BCUT2D eigenvalue weighted by molar-refractivity contribution is -0.137. The summed E-state index contributed by atoms with van der Waals surface area (Å²) < 4.78 is 0. The lowest BCUT2D eigenvalue weighted by Crippen LogP contribution is -2.67. The fourth-order valence-electron chi connectivity index (χ4n) is 1.90. The standard InChI is InChI=1S/C9H13N3O2S/c10-3-7-4-15-9(11-7)5-12(6-9)8(14)1-2-13/h7,11,13H,1-2,4-6H2/t7-/m1/s1. The third-order valence-corrected chi connectivity index (χ3v) is 4.12. The van der Waals surface area contributed by atoms with Crippen LogP contribution in [-0.2, 0) is 4.79 Å². The van der Waals surface area contributed by atoms with Gasteiger partial charge in [-0.3, -0.25) is 10.1 Å². The van der Waals surface area contributed by atoms with Crippen LogP contribution < -0.4 is 5.32 Å². The van der Waals surface area contributed by atoms with Crippen LogP contribution in [0.2, 0.25) is 0 Å². The molecule has 0 unspecified atom stereocenters. The summed E-state index contributed by atoms with van der Waals surface area (Å²) in [5.41, 5.74) is 0. The van der Waals surface area contributed by atoms with Gasteiger partial charge < -0.3 is 10.0 Å². The van der Waals surface area contributed by atoms with Gasteiger partial charge in [0.1, 0.15) is 10.9 Å². The first-order valence-electron chi connectivity index (χ1n) is 4.89. The minimum absolute atomic E-state index is 0.00840. The van der Waals surface area contributed by atoms with E-state index in [2.05, 4.69) is 11.4 Å². The van der Waals surface area contributed by atoms with Crippen LogP contribution >= 0.6 is 11.8 Å². The highest BCUT2D eigenvalue weighted by Crippen LogP contribution is 2.38. The summed E-state index contributed by atoms with van der Waals surface area (Å²) >= 11 is 1.71. The van der Waals surface area contributed by atoms with Crippen LogP contribution in [0.5, 0.6) is 0 Å². The molecular weight excluding hydrogens is 214 g/mol. The molecule has 0 saturated carbocycles. The van der Waals surface area contributed by atoms with Crippen molar-refractivity contribution in [3.8, 4) is 6.07 Å². The van der Waals surface area contributed by atoms with Crippen LogP contribution in [0.25, 0.3) is 0 Å². The number of likely N-dealkylation sites (tertiary alicyclic amines) is 1. The molecule has 5 nitrogen and oxygen atoms in total. The van der Waals surface area contributed by atoms with Crippen molar-refractivity contribution in [1.29, 1.82) is 5.26 Å². The van der Waals surface area contributed by atoms with Crippen LogP contribution in [-0.4, -0.2) is 52.3 Å². The van der Waals surface area contributed by atoms with Crippen molar-refractivity contribution in [1.82, 2.24) is 10.2 Å². The Kier molecular flexibility index (Phi) is 2.87. The zero-order chi connectivity index (χ0) is 10.9. The molecule has 0 aliphatic carbocycles. The van der Waals surface area contributed by atoms with Gasteiger partial charge >= 0.3 is 0 Å². The molecule has 15 heavy (non-hydrogen) atoms. The Labute approximate surface area is 92.4 Å². The molecule has 82 valence electrons. The van der Waals surface area contributed by atoms with Gasteiger partial charge in [0.25, 0.3) is 0 Å². The first kappa shape index (κ1) is 10.7. The minimum atomic E-state index is -0.0935. The third kappa shape index (κ3) is 1.95. The molecule has 2 aliphatic heterocycles. The number of thioether (sulfide) groups is 1. The Balaban J connectivity index is 1.83. The number of nitrogens with one attached hydrogen (secondary N) is 1. The molecular formula is C9H13N3O2S. The fourth-order valence-corrected chi connectivity index (χ4v) is 3.26. The quantitative estimate of drug-likeness (QED) is 0.641. The molecule has 2 heterocycles. The minimum Gasteiger partial charge on any atom is -0.396 e. The SMILES string of the molecule is N#C[C@@H]1CSC2(CN(C(=O)CCO)C2)N1. The molecule has 0 radical (unpaired) electrons. The van der Waals surface area contributed by atoms with E-state index in [1.807, 2.05) is 0 Å². The van der Waals surface area contributed by atoms with E-state index in [0.717, 1.165) is 5.75 Å². The highest BCUT2D eigenvalue weighted by Gasteiger charge is 2.50. The second-order valence-corrected chi connectivity index (χ2v) is 5.26. The molecule has 2 rings (SSSR count). The normalized spacial score (nSPS) is 27.5. The van der Waals surface area contributed by atoms with Crippen LogP contribution in [0.1, 0.15) is 6.42 Å². The molecule has 6 heteroatoms. The average molecular weight is 227 g/mol. The molecule has 0 bridgehead atoms. The molecule has 0 aromatic rings. The Bertz CT molecular complexity index is 309. The van der Waals surface area contributed by atoms with E-state index < -0.39 is 0 Å². The van der Waals surface area contributed by atoms with E-state index in [4.69, 9.17) is 10.4 Å². The number of nitriles is 1. The summed E-state index contributed by atoms with van der Waals surface area (Å²) in [6.45, 7) is 1.20. The maximum Gasteiger partial charge on any atom is 0.225 e. The summed E-state index contributed by atoms with van der Waals surface area (Å²) in [4.78, 5) is 13.0. The van der Waals surface area contributed by atoms with Crippen molar-refractivity contribution in [2.45, 2.75) is 17.3 Å². The lowest BCUT2D eigenvalue weighted by Gasteiger charge is -2.47. The Morgan fingerprint density at radius 3 is 3.00 bits per heavy atom. The third-order valence-electron chi connectivity index (χ3n) is 2.69. The number of carbonyl (C=O) groups is 1. The first-order chi connectivity index (χ1) is 7.19. The van der Waals surface area contributed by atoms with Gasteiger partial charge in [-0.25, -0.2) is 0 Å². The largest absolute Gasteiger partial charge is 0.396 e. The van der Waals surface area contributed by atoms with Crippen LogP contribution in [0, 0.1) is 11.3 Å². The van der Waals surface area contributed by atoms with Crippen molar-refractivity contribution in [2.75, 3.05) is 25.4 Å². The molecule has 2 fully saturated rings. The number of nitrogens with zero attached hydrogens (tertiary/aromatic N) is 2. The van der Waals surface area contributed by atoms with Gasteiger partial charge in [0, 0.05) is 12.2 Å². The van der Waals surface area contributed by atoms with Gasteiger partial charge in [0.15, 0.2) is 0 Å². The summed E-state index contributed by atoms with van der Waals surface area (Å²) in [7, 11) is 0. The number of amides is 1. The maximum atomic E-state index is 11.4. The maximum absolute atomic E-state index is 11.4. The van der Waals surface area contributed by atoms with E-state index >= 15 is 0 Å². The molecule has 2 N–H and O–H groups in total. The van der Waals surface area contributed by atoms with Crippen molar-refractivity contribution in [3.63, 3.8) is 0 Å². The number of aliphatic hydroxyl groups is 1. The van der Waals surface area contributed by atoms with Gasteiger partial charge in [-0.2, -0.15) is 5.26 Å². The molecule has 1 spiro atoms. The Hall–Kier alpha value is -0.770. The van der Waals surface area contributed by atoms with E-state index in [1.54, 1.807) is 16.7 Å². The molecule has 2 aliphatic rings. The topological polar surface area (TPSA) is 76.4 Å². The Morgan fingerprint density at radius 1 is 1.73 bits per heavy atom. The first-order valence-corrected chi connectivity index (χ1v) is 5.87. The average Bonchev–Trinajstić information content (AvgIpc) is 2.59. The Morgan fingerprint density at radius 2 is 2.47 bits per heavy atom. The van der Waals surface area contributed by atoms with Gasteiger partial charge in [-0.05, 0) is 0 Å². The number of hydrogen-bond donors (Lipinski definition) is 2. The molecule has 1 amide bonds. The smallest absolute Gasteiger partial charge is 0.225 e. The second kappa shape index (κ2) is 4.00. The van der Waals surface area contributed by atoms with Crippen molar-refractivity contribution >= 4 is 17.7 Å². The molecule has 1 atom stereocenters. The summed E-state index contributed by atoms with van der Waals surface area (Å²) in [6, 6.07) is 2.09. The number of aliphatic hydroxyl groups excluding tert-OH is 1. The summed E-state index contributed by atoms with van der Waals surface area (Å²) in [5, 5.41) is 20.6. The zero-order valence-corrected chi connectivity index (χ0v) is 9.09. The van der Waals surface area contributed by atoms with Gasteiger partial charge in [-0.1, -0.05) is 0 Å². The highest BCUT2D eigenvalue weighted by molar-refractivity contribution is 8.01. The van der Waals surface area contributed by atoms with Crippen molar-refractivity contribution in [2.24, 2.45) is 0 Å². The predicted molar refractivity (Wildman–Crippen MR) is 56.0 cm³/mol. The van der Waals surface area contributed by atoms with Crippen molar-refractivity contribution < 1.29 is 9.90 Å². The predicted octanol–water partition coefficient (Wildman–Crippen LogP) is -0.864. The lowest BCUT2D eigenvalue weighted by atomic mass is 10.1. The monoisotopic (exact) mass is 227 g/mol. The van der Waals surface area contributed by atoms with E-state index in [-0.39, 0.29) is 29.8 Å². The number of rotatable bonds is 2. The molecule has 2 saturated heterocycles. The second-order valence-electron chi connectivity index (χ2n) is 3.85. The molecule has 0 aromatic carbocycles. The number of carbonyl (C=O) groups excluding carboxylic acids is 1. The van der Waals surface area contributed by atoms with E-state index in [1.165, 1.54) is 0 Å². The van der Waals surface area contributed by atoms with E-state index in [9.17, 15) is 4.79 Å². The fraction of sp³-hybridized carbons (Fsp3) is 0.778. The van der Waals surface area contributed by atoms with Gasteiger partial charge in [0.2, 0.25) is 5.91 Å².